The van der Waals surface area contributed by atoms with E-state index in [0.717, 1.165) is 6.54 Å². The zero-order chi connectivity index (χ0) is 14.3. The van der Waals surface area contributed by atoms with Crippen LogP contribution in [0.15, 0.2) is 0 Å². The Balaban J connectivity index is 2.44. The Hall–Kier alpha value is -0.530. The summed E-state index contributed by atoms with van der Waals surface area (Å²) in [5.74, 6) is 2.99. The van der Waals surface area contributed by atoms with Gasteiger partial charge in [0.2, 0.25) is 0 Å². The average molecular weight is 285 g/mol. The van der Waals surface area contributed by atoms with Gasteiger partial charge in [-0.05, 0) is 33.1 Å². The van der Waals surface area contributed by atoms with Crippen LogP contribution >= 0.6 is 0 Å². The van der Waals surface area contributed by atoms with E-state index in [1.165, 1.54) is 32.1 Å². The molecule has 110 valence electrons. The van der Waals surface area contributed by atoms with Gasteiger partial charge in [0.1, 0.15) is 0 Å². The van der Waals surface area contributed by atoms with Crippen LogP contribution in [0.25, 0.3) is 0 Å². The fraction of sp³-hybridized carbons (Fsp3) is 0.867. The smallest absolute Gasteiger partial charge is 0.152 e. The third-order valence-electron chi connectivity index (χ3n) is 3.98. The summed E-state index contributed by atoms with van der Waals surface area (Å²) in [6, 6.07) is 0.562. The van der Waals surface area contributed by atoms with E-state index in [9.17, 15) is 8.42 Å². The fourth-order valence-electron chi connectivity index (χ4n) is 2.66. The molecule has 1 saturated carbocycles. The number of rotatable bonds is 7. The lowest BCUT2D eigenvalue weighted by Gasteiger charge is -2.33. The molecule has 19 heavy (non-hydrogen) atoms. The van der Waals surface area contributed by atoms with E-state index >= 15 is 0 Å². The van der Waals surface area contributed by atoms with Crippen molar-refractivity contribution in [1.29, 1.82) is 0 Å². The summed E-state index contributed by atoms with van der Waals surface area (Å²) < 4.78 is 23.6. The number of hydrogen-bond acceptors (Lipinski definition) is 3. The predicted molar refractivity (Wildman–Crippen MR) is 80.8 cm³/mol. The number of hydrogen-bond donors (Lipinski definition) is 0. The van der Waals surface area contributed by atoms with Crippen LogP contribution in [0, 0.1) is 12.3 Å². The Morgan fingerprint density at radius 1 is 1.26 bits per heavy atom. The van der Waals surface area contributed by atoms with Gasteiger partial charge in [-0.3, -0.25) is 4.90 Å². The van der Waals surface area contributed by atoms with Crippen molar-refractivity contribution in [3.05, 3.63) is 0 Å². The molecule has 0 amide bonds. The van der Waals surface area contributed by atoms with E-state index in [0.29, 0.717) is 19.0 Å². The van der Waals surface area contributed by atoms with E-state index < -0.39 is 9.84 Å². The summed E-state index contributed by atoms with van der Waals surface area (Å²) in [6.45, 7) is 4.94. The maximum Gasteiger partial charge on any atom is 0.152 e. The lowest BCUT2D eigenvalue weighted by molar-refractivity contribution is 0.175. The molecule has 0 spiro atoms. The van der Waals surface area contributed by atoms with Gasteiger partial charge in [0.05, 0.1) is 17.5 Å². The molecule has 0 heterocycles. The third-order valence-corrected chi connectivity index (χ3v) is 6.27. The molecule has 0 aromatic rings. The highest BCUT2D eigenvalue weighted by molar-refractivity contribution is 7.91. The van der Waals surface area contributed by atoms with Crippen molar-refractivity contribution >= 4 is 9.84 Å². The van der Waals surface area contributed by atoms with Gasteiger partial charge in [0, 0.05) is 12.6 Å². The van der Waals surface area contributed by atoms with E-state index in [4.69, 9.17) is 6.42 Å². The van der Waals surface area contributed by atoms with Crippen molar-refractivity contribution in [3.63, 3.8) is 0 Å². The zero-order valence-electron chi connectivity index (χ0n) is 12.3. The molecular formula is C15H27NO2S. The summed E-state index contributed by atoms with van der Waals surface area (Å²) >= 11 is 0. The maximum absolute atomic E-state index is 11.8. The second-order valence-corrected chi connectivity index (χ2v) is 8.41. The van der Waals surface area contributed by atoms with Gasteiger partial charge in [-0.2, -0.15) is 0 Å². The molecule has 0 N–H and O–H groups in total. The van der Waals surface area contributed by atoms with Crippen LogP contribution in [0.5, 0.6) is 0 Å². The molecule has 0 atom stereocenters. The van der Waals surface area contributed by atoms with Crippen molar-refractivity contribution in [2.75, 3.05) is 18.8 Å². The maximum atomic E-state index is 11.8. The minimum Gasteiger partial charge on any atom is -0.289 e. The van der Waals surface area contributed by atoms with Gasteiger partial charge in [0.25, 0.3) is 0 Å². The van der Waals surface area contributed by atoms with Crippen molar-refractivity contribution in [3.8, 4) is 12.3 Å². The first-order valence-corrected chi connectivity index (χ1v) is 9.08. The highest BCUT2D eigenvalue weighted by Crippen LogP contribution is 2.22. The minimum atomic E-state index is -2.92. The van der Waals surface area contributed by atoms with E-state index in [1.807, 2.05) is 0 Å². The van der Waals surface area contributed by atoms with E-state index in [-0.39, 0.29) is 11.0 Å². The highest BCUT2D eigenvalue weighted by Gasteiger charge is 2.21. The molecule has 0 aromatic heterocycles. The molecule has 1 aliphatic carbocycles. The molecule has 1 aliphatic rings. The molecule has 1 rings (SSSR count). The first kappa shape index (κ1) is 16.5. The van der Waals surface area contributed by atoms with Crippen LogP contribution in [-0.4, -0.2) is 43.5 Å². The Labute approximate surface area is 118 Å². The number of sulfone groups is 1. The van der Waals surface area contributed by atoms with Gasteiger partial charge >= 0.3 is 0 Å². The van der Waals surface area contributed by atoms with Gasteiger partial charge in [0.15, 0.2) is 9.84 Å². The molecule has 0 bridgehead atoms. The summed E-state index contributed by atoms with van der Waals surface area (Å²) in [4.78, 5) is 2.30. The largest absolute Gasteiger partial charge is 0.289 e. The summed E-state index contributed by atoms with van der Waals surface area (Å²) in [7, 11) is -2.92. The van der Waals surface area contributed by atoms with Crippen molar-refractivity contribution in [1.82, 2.24) is 4.90 Å². The number of nitrogens with zero attached hydrogens (tertiary/aromatic N) is 1. The topological polar surface area (TPSA) is 37.4 Å². The monoisotopic (exact) mass is 285 g/mol. The molecule has 0 aliphatic heterocycles. The Morgan fingerprint density at radius 2 is 1.89 bits per heavy atom. The van der Waals surface area contributed by atoms with E-state index in [1.54, 1.807) is 13.8 Å². The molecule has 0 saturated heterocycles. The van der Waals surface area contributed by atoms with Gasteiger partial charge in [-0.1, -0.05) is 25.2 Å². The van der Waals surface area contributed by atoms with Crippen LogP contribution in [0.2, 0.25) is 0 Å². The molecule has 0 unspecified atom stereocenters. The Kier molecular flexibility index (Phi) is 6.88. The van der Waals surface area contributed by atoms with Crippen LogP contribution in [-0.2, 0) is 9.84 Å². The molecule has 3 nitrogen and oxygen atoms in total. The van der Waals surface area contributed by atoms with Crippen LogP contribution in [0.1, 0.15) is 52.4 Å². The second-order valence-electron chi connectivity index (χ2n) is 5.74. The third kappa shape index (κ3) is 5.54. The SMILES string of the molecule is C#CCN(CCCS(=O)(=O)C(C)C)C1CCCCC1. The number of terminal acetylenes is 1. The molecule has 0 aromatic carbocycles. The van der Waals surface area contributed by atoms with Gasteiger partial charge < -0.3 is 0 Å². The van der Waals surface area contributed by atoms with Crippen LogP contribution < -0.4 is 0 Å². The van der Waals surface area contributed by atoms with Crippen LogP contribution in [0.4, 0.5) is 0 Å². The Bertz CT molecular complexity index is 389. The Morgan fingerprint density at radius 3 is 2.42 bits per heavy atom. The van der Waals surface area contributed by atoms with Gasteiger partial charge in [-0.15, -0.1) is 6.42 Å². The first-order chi connectivity index (χ1) is 8.97. The summed E-state index contributed by atoms with van der Waals surface area (Å²) in [5.41, 5.74) is 0. The summed E-state index contributed by atoms with van der Waals surface area (Å²) in [5, 5.41) is -0.275. The normalized spacial score (nSPS) is 17.8. The fourth-order valence-corrected chi connectivity index (χ4v) is 3.66. The molecule has 0 radical (unpaired) electrons. The summed E-state index contributed by atoms with van der Waals surface area (Å²) in [6.07, 6.45) is 12.4. The lowest BCUT2D eigenvalue weighted by Crippen LogP contribution is -2.38. The predicted octanol–water partition coefficient (Wildman–Crippen LogP) is 2.47. The average Bonchev–Trinajstić information content (AvgIpc) is 2.38. The molecule has 1 fully saturated rings. The minimum absolute atomic E-state index is 0.275. The van der Waals surface area contributed by atoms with Gasteiger partial charge in [-0.25, -0.2) is 8.42 Å². The van der Waals surface area contributed by atoms with Crippen molar-refractivity contribution in [2.45, 2.75) is 63.7 Å². The second kappa shape index (κ2) is 7.91. The van der Waals surface area contributed by atoms with Crippen LogP contribution in [0.3, 0.4) is 0 Å². The standard InChI is InChI=1S/C15H27NO2S/c1-4-11-16(15-9-6-5-7-10-15)12-8-13-19(17,18)14(2)3/h1,14-15H,5-13H2,2-3H3. The zero-order valence-corrected chi connectivity index (χ0v) is 13.1. The van der Waals surface area contributed by atoms with Crippen molar-refractivity contribution in [2.24, 2.45) is 0 Å². The van der Waals surface area contributed by atoms with E-state index in [2.05, 4.69) is 10.8 Å². The first-order valence-electron chi connectivity index (χ1n) is 7.36. The van der Waals surface area contributed by atoms with Crippen molar-refractivity contribution < 1.29 is 8.42 Å². The molecule has 4 heteroatoms. The quantitative estimate of drug-likeness (QED) is 0.674. The lowest BCUT2D eigenvalue weighted by atomic mass is 9.94. The highest BCUT2D eigenvalue weighted by atomic mass is 32.2. The molecular weight excluding hydrogens is 258 g/mol.